The Kier molecular flexibility index (Phi) is 4.04. The molecule has 1 aromatic heterocycles. The number of rotatable bonds is 3. The molecule has 0 saturated heterocycles. The lowest BCUT2D eigenvalue weighted by Gasteiger charge is -2.11. The highest BCUT2D eigenvalue weighted by Crippen LogP contribution is 2.28. The van der Waals surface area contributed by atoms with Crippen molar-refractivity contribution in [1.29, 1.82) is 0 Å². The van der Waals surface area contributed by atoms with E-state index in [4.69, 9.17) is 4.74 Å². The largest absolute Gasteiger partial charge is 0.477 e. The Morgan fingerprint density at radius 1 is 1.32 bits per heavy atom. The van der Waals surface area contributed by atoms with E-state index in [1.165, 1.54) is 0 Å². The van der Waals surface area contributed by atoms with Crippen LogP contribution in [0.25, 0.3) is 0 Å². The number of aromatic carboxylic acids is 1. The van der Waals surface area contributed by atoms with E-state index >= 15 is 0 Å². The zero-order valence-corrected chi connectivity index (χ0v) is 12.6. The van der Waals surface area contributed by atoms with Gasteiger partial charge in [0.15, 0.2) is 0 Å². The maximum atomic E-state index is 11.3. The van der Waals surface area contributed by atoms with Crippen molar-refractivity contribution in [3.8, 4) is 11.5 Å². The number of aryl methyl sites for hydroxylation is 2. The van der Waals surface area contributed by atoms with E-state index in [2.05, 4.69) is 27.6 Å². The Morgan fingerprint density at radius 2 is 2.05 bits per heavy atom. The summed E-state index contributed by atoms with van der Waals surface area (Å²) >= 11 is 2.17. The van der Waals surface area contributed by atoms with E-state index in [1.807, 2.05) is 18.2 Å². The molecule has 0 fully saturated rings. The normalized spacial score (nSPS) is 10.3. The number of benzene rings is 1. The van der Waals surface area contributed by atoms with Crippen LogP contribution in [0.3, 0.4) is 0 Å². The van der Waals surface area contributed by atoms with Gasteiger partial charge in [0.25, 0.3) is 0 Å². The van der Waals surface area contributed by atoms with Crippen LogP contribution in [-0.2, 0) is 0 Å². The first-order valence-electron chi connectivity index (χ1n) is 5.62. The van der Waals surface area contributed by atoms with Gasteiger partial charge in [-0.15, -0.1) is 0 Å². The molecule has 0 aliphatic carbocycles. The predicted octanol–water partition coefficient (Wildman–Crippen LogP) is 3.79. The molecule has 2 rings (SSSR count). The van der Waals surface area contributed by atoms with Gasteiger partial charge in [-0.05, 0) is 54.6 Å². The van der Waals surface area contributed by atoms with E-state index in [-0.39, 0.29) is 5.56 Å². The van der Waals surface area contributed by atoms with Gasteiger partial charge in [-0.2, -0.15) is 0 Å². The molecule has 0 unspecified atom stereocenters. The lowest BCUT2D eigenvalue weighted by Crippen LogP contribution is -2.06. The van der Waals surface area contributed by atoms with Crippen molar-refractivity contribution in [1.82, 2.24) is 4.98 Å². The average molecular weight is 369 g/mol. The third-order valence-electron chi connectivity index (χ3n) is 2.53. The van der Waals surface area contributed by atoms with Crippen molar-refractivity contribution in [2.75, 3.05) is 0 Å². The quantitative estimate of drug-likeness (QED) is 0.837. The van der Waals surface area contributed by atoms with Crippen LogP contribution in [0.2, 0.25) is 0 Å². The summed E-state index contributed by atoms with van der Waals surface area (Å²) in [6.45, 7) is 3.47. The van der Waals surface area contributed by atoms with E-state index < -0.39 is 5.97 Å². The molecule has 2 aromatic rings. The number of nitrogens with zero attached hydrogens (tertiary/aromatic N) is 1. The van der Waals surface area contributed by atoms with Gasteiger partial charge in [0.2, 0.25) is 0 Å². The molecule has 1 heterocycles. The number of carboxylic acids is 1. The molecule has 1 aromatic carbocycles. The van der Waals surface area contributed by atoms with E-state index in [9.17, 15) is 9.90 Å². The summed E-state index contributed by atoms with van der Waals surface area (Å²) in [6, 6.07) is 9.07. The molecule has 0 amide bonds. The van der Waals surface area contributed by atoms with Crippen molar-refractivity contribution in [3.05, 3.63) is 50.9 Å². The van der Waals surface area contributed by atoms with Crippen LogP contribution in [-0.4, -0.2) is 16.1 Å². The molecule has 0 aliphatic rings. The topological polar surface area (TPSA) is 59.4 Å². The SMILES string of the molecule is Cc1cc(Oc2cccc(I)c2)c(C(=O)O)c(C)n1. The number of carbonyl (C=O) groups is 1. The summed E-state index contributed by atoms with van der Waals surface area (Å²) in [7, 11) is 0. The molecule has 19 heavy (non-hydrogen) atoms. The molecule has 1 N–H and O–H groups in total. The molecule has 0 radical (unpaired) electrons. The zero-order chi connectivity index (χ0) is 14.0. The predicted molar refractivity (Wildman–Crippen MR) is 79.9 cm³/mol. The van der Waals surface area contributed by atoms with E-state index in [1.54, 1.807) is 26.0 Å². The van der Waals surface area contributed by atoms with E-state index in [0.717, 1.165) is 9.26 Å². The van der Waals surface area contributed by atoms with Crippen molar-refractivity contribution in [3.63, 3.8) is 0 Å². The van der Waals surface area contributed by atoms with E-state index in [0.29, 0.717) is 17.2 Å². The second-order valence-electron chi connectivity index (χ2n) is 4.09. The molecule has 98 valence electrons. The Bertz CT molecular complexity index is 641. The fourth-order valence-corrected chi connectivity index (χ4v) is 2.31. The molecule has 0 atom stereocenters. The summed E-state index contributed by atoms with van der Waals surface area (Å²) in [5.41, 5.74) is 1.28. The van der Waals surface area contributed by atoms with Crippen LogP contribution in [0.1, 0.15) is 21.7 Å². The zero-order valence-electron chi connectivity index (χ0n) is 10.5. The van der Waals surface area contributed by atoms with Crippen molar-refractivity contribution in [2.45, 2.75) is 13.8 Å². The van der Waals surface area contributed by atoms with Gasteiger partial charge in [0.05, 0.1) is 5.69 Å². The number of carboxylic acid groups (broad SMARTS) is 1. The molecule has 5 heteroatoms. The minimum atomic E-state index is -1.04. The van der Waals surface area contributed by atoms with Crippen molar-refractivity contribution >= 4 is 28.6 Å². The number of hydrogen-bond acceptors (Lipinski definition) is 3. The van der Waals surface area contributed by atoms with Crippen LogP contribution >= 0.6 is 22.6 Å². The number of pyridine rings is 1. The molecular formula is C14H12INO3. The molecular weight excluding hydrogens is 357 g/mol. The molecule has 0 bridgehead atoms. The molecule has 0 spiro atoms. The minimum absolute atomic E-state index is 0.101. The highest BCUT2D eigenvalue weighted by Gasteiger charge is 2.17. The standard InChI is InChI=1S/C14H12INO3/c1-8-6-12(13(14(17)18)9(2)16-8)19-11-5-3-4-10(15)7-11/h3-7H,1-2H3,(H,17,18). The minimum Gasteiger partial charge on any atom is -0.477 e. The first kappa shape index (κ1) is 13.8. The maximum absolute atomic E-state index is 11.3. The van der Waals surface area contributed by atoms with Crippen molar-refractivity contribution in [2.24, 2.45) is 0 Å². The number of hydrogen-bond donors (Lipinski definition) is 1. The van der Waals surface area contributed by atoms with Gasteiger partial charge in [0, 0.05) is 15.3 Å². The molecule has 4 nitrogen and oxygen atoms in total. The van der Waals surface area contributed by atoms with Gasteiger partial charge in [-0.1, -0.05) is 6.07 Å². The number of ether oxygens (including phenoxy) is 1. The van der Waals surface area contributed by atoms with Gasteiger partial charge < -0.3 is 9.84 Å². The number of aromatic nitrogens is 1. The van der Waals surface area contributed by atoms with Crippen LogP contribution in [0.15, 0.2) is 30.3 Å². The van der Waals surface area contributed by atoms with Crippen LogP contribution in [0.4, 0.5) is 0 Å². The van der Waals surface area contributed by atoms with Gasteiger partial charge >= 0.3 is 5.97 Å². The second-order valence-corrected chi connectivity index (χ2v) is 5.33. The molecule has 0 aliphatic heterocycles. The third kappa shape index (κ3) is 3.23. The second kappa shape index (κ2) is 5.56. The highest BCUT2D eigenvalue weighted by atomic mass is 127. The lowest BCUT2D eigenvalue weighted by molar-refractivity contribution is 0.0693. The Morgan fingerprint density at radius 3 is 2.68 bits per heavy atom. The summed E-state index contributed by atoms with van der Waals surface area (Å²) in [4.78, 5) is 15.4. The Balaban J connectivity index is 2.47. The van der Waals surface area contributed by atoms with Crippen LogP contribution < -0.4 is 4.74 Å². The summed E-state index contributed by atoms with van der Waals surface area (Å²) in [5, 5.41) is 9.25. The lowest BCUT2D eigenvalue weighted by atomic mass is 10.1. The summed E-state index contributed by atoms with van der Waals surface area (Å²) in [6.07, 6.45) is 0. The fraction of sp³-hybridized carbons (Fsp3) is 0.143. The first-order valence-corrected chi connectivity index (χ1v) is 6.70. The van der Waals surface area contributed by atoms with Gasteiger partial charge in [0.1, 0.15) is 17.1 Å². The van der Waals surface area contributed by atoms with Crippen molar-refractivity contribution < 1.29 is 14.6 Å². The molecule has 0 saturated carbocycles. The highest BCUT2D eigenvalue weighted by molar-refractivity contribution is 14.1. The summed E-state index contributed by atoms with van der Waals surface area (Å²) in [5.74, 6) is -0.107. The fourth-order valence-electron chi connectivity index (χ4n) is 1.79. The first-order chi connectivity index (χ1) is 8.97. The maximum Gasteiger partial charge on any atom is 0.341 e. The average Bonchev–Trinajstić information content (AvgIpc) is 2.26. The smallest absolute Gasteiger partial charge is 0.341 e. The van der Waals surface area contributed by atoms with Crippen LogP contribution in [0, 0.1) is 17.4 Å². The van der Waals surface area contributed by atoms with Gasteiger partial charge in [-0.3, -0.25) is 4.98 Å². The Labute approximate surface area is 124 Å². The monoisotopic (exact) mass is 369 g/mol. The third-order valence-corrected chi connectivity index (χ3v) is 3.20. The Hall–Kier alpha value is -1.63. The van der Waals surface area contributed by atoms with Crippen LogP contribution in [0.5, 0.6) is 11.5 Å². The number of halogens is 1. The summed E-state index contributed by atoms with van der Waals surface area (Å²) < 4.78 is 6.71. The van der Waals surface area contributed by atoms with Gasteiger partial charge in [-0.25, -0.2) is 4.79 Å².